The molecule has 0 atom stereocenters. The minimum absolute atomic E-state index is 0.329. The lowest BCUT2D eigenvalue weighted by molar-refractivity contribution is 0.308. The Morgan fingerprint density at radius 1 is 0.909 bits per heavy atom. The van der Waals surface area contributed by atoms with E-state index in [-0.39, 0.29) is 0 Å². The van der Waals surface area contributed by atoms with E-state index in [0.717, 1.165) is 17.4 Å². The average Bonchev–Trinajstić information content (AvgIpc) is 2.56. The van der Waals surface area contributed by atoms with E-state index in [1.54, 1.807) is 6.07 Å². The Kier molecular flexibility index (Phi) is 4.82. The van der Waals surface area contributed by atoms with Gasteiger partial charge in [-0.2, -0.15) is 0 Å². The molecule has 0 radical (unpaired) electrons. The lowest BCUT2D eigenvalue weighted by atomic mass is 9.77. The molecule has 0 saturated heterocycles. The third-order valence-electron chi connectivity index (χ3n) is 5.11. The minimum atomic E-state index is 0.329. The van der Waals surface area contributed by atoms with Crippen molar-refractivity contribution in [1.29, 1.82) is 0 Å². The van der Waals surface area contributed by atoms with Crippen molar-refractivity contribution >= 4 is 0 Å². The maximum atomic E-state index is 9.60. The summed E-state index contributed by atoms with van der Waals surface area (Å²) in [4.78, 5) is 0. The molecule has 1 aliphatic carbocycles. The lowest BCUT2D eigenvalue weighted by Gasteiger charge is -2.28. The highest BCUT2D eigenvalue weighted by molar-refractivity contribution is 5.65. The Bertz CT molecular complexity index is 592. The second-order valence-electron chi connectivity index (χ2n) is 6.68. The molecule has 0 bridgehead atoms. The van der Waals surface area contributed by atoms with Gasteiger partial charge in [-0.05, 0) is 66.3 Å². The Balaban J connectivity index is 1.67. The summed E-state index contributed by atoms with van der Waals surface area (Å²) in [7, 11) is 0. The fourth-order valence-electron chi connectivity index (χ4n) is 3.83. The first kappa shape index (κ1) is 15.1. The molecule has 0 aromatic heterocycles. The van der Waals surface area contributed by atoms with Gasteiger partial charge >= 0.3 is 0 Å². The summed E-state index contributed by atoms with van der Waals surface area (Å²) in [5.41, 5.74) is 3.75. The largest absolute Gasteiger partial charge is 0.508 e. The number of aromatic hydroxyl groups is 1. The van der Waals surface area contributed by atoms with E-state index in [9.17, 15) is 5.11 Å². The predicted molar refractivity (Wildman–Crippen MR) is 93.1 cm³/mol. The minimum Gasteiger partial charge on any atom is -0.508 e. The second kappa shape index (κ2) is 7.00. The Morgan fingerprint density at radius 3 is 2.27 bits per heavy atom. The van der Waals surface area contributed by atoms with Gasteiger partial charge in [0.25, 0.3) is 0 Å². The fourth-order valence-corrected chi connectivity index (χ4v) is 3.83. The lowest BCUT2D eigenvalue weighted by Crippen LogP contribution is -2.13. The third kappa shape index (κ3) is 3.52. The molecule has 1 heteroatoms. The molecular weight excluding hydrogens is 268 g/mol. The summed E-state index contributed by atoms with van der Waals surface area (Å²) in [5, 5.41) is 9.60. The molecular formula is C21H26O. The maximum absolute atomic E-state index is 9.60. The van der Waals surface area contributed by atoms with Crippen molar-refractivity contribution in [3.63, 3.8) is 0 Å². The topological polar surface area (TPSA) is 20.2 Å². The van der Waals surface area contributed by atoms with Crippen LogP contribution >= 0.6 is 0 Å². The van der Waals surface area contributed by atoms with Crippen LogP contribution in [0.25, 0.3) is 11.1 Å². The first-order chi connectivity index (χ1) is 10.8. The van der Waals surface area contributed by atoms with Crippen molar-refractivity contribution in [3.8, 4) is 16.9 Å². The highest BCUT2D eigenvalue weighted by Gasteiger charge is 2.21. The van der Waals surface area contributed by atoms with Crippen LogP contribution in [0.1, 0.15) is 56.9 Å². The second-order valence-corrected chi connectivity index (χ2v) is 6.68. The normalized spacial score (nSPS) is 21.7. The zero-order chi connectivity index (χ0) is 15.4. The van der Waals surface area contributed by atoms with Gasteiger partial charge in [0.05, 0.1) is 0 Å². The van der Waals surface area contributed by atoms with Gasteiger partial charge in [0.1, 0.15) is 5.75 Å². The Labute approximate surface area is 134 Å². The van der Waals surface area contributed by atoms with Crippen LogP contribution in [0.4, 0.5) is 0 Å². The van der Waals surface area contributed by atoms with Crippen LogP contribution in [0, 0.1) is 5.92 Å². The van der Waals surface area contributed by atoms with Crippen molar-refractivity contribution in [2.24, 2.45) is 5.92 Å². The van der Waals surface area contributed by atoms with Gasteiger partial charge in [0, 0.05) is 0 Å². The number of hydrogen-bond donors (Lipinski definition) is 1. The van der Waals surface area contributed by atoms with Gasteiger partial charge in [0.2, 0.25) is 0 Å². The van der Waals surface area contributed by atoms with Crippen molar-refractivity contribution in [2.75, 3.05) is 0 Å². The van der Waals surface area contributed by atoms with Crippen LogP contribution in [-0.4, -0.2) is 5.11 Å². The van der Waals surface area contributed by atoms with E-state index < -0.39 is 0 Å². The zero-order valence-electron chi connectivity index (χ0n) is 13.5. The molecule has 1 aliphatic rings. The zero-order valence-corrected chi connectivity index (χ0v) is 13.5. The molecule has 2 aromatic rings. The molecule has 0 spiro atoms. The number of benzene rings is 2. The summed E-state index contributed by atoms with van der Waals surface area (Å²) < 4.78 is 0. The molecule has 3 rings (SSSR count). The molecule has 0 amide bonds. The molecule has 116 valence electrons. The van der Waals surface area contributed by atoms with E-state index in [1.807, 2.05) is 18.2 Å². The Hall–Kier alpha value is -1.76. The van der Waals surface area contributed by atoms with E-state index >= 15 is 0 Å². The standard InChI is InChI=1S/C21H26O/c1-2-4-16-7-9-17(10-8-16)18-11-13-19(14-12-18)20-5-3-6-21(22)15-20/h3,5-6,11-17,22H,2,4,7-10H2,1H3. The van der Waals surface area contributed by atoms with Gasteiger partial charge in [0.15, 0.2) is 0 Å². The summed E-state index contributed by atoms with van der Waals surface area (Å²) in [5.74, 6) is 2.04. The SMILES string of the molecule is CCCC1CCC(c2ccc(-c3cccc(O)c3)cc2)CC1. The number of phenolic OH excluding ortho intramolecular Hbond substituents is 1. The van der Waals surface area contributed by atoms with E-state index in [1.165, 1.54) is 49.7 Å². The molecule has 1 N–H and O–H groups in total. The number of phenols is 1. The van der Waals surface area contributed by atoms with Crippen molar-refractivity contribution < 1.29 is 5.11 Å². The van der Waals surface area contributed by atoms with Gasteiger partial charge in [-0.3, -0.25) is 0 Å². The first-order valence-corrected chi connectivity index (χ1v) is 8.65. The fraction of sp³-hybridized carbons (Fsp3) is 0.429. The molecule has 1 nitrogen and oxygen atoms in total. The van der Waals surface area contributed by atoms with E-state index in [0.29, 0.717) is 5.75 Å². The van der Waals surface area contributed by atoms with Crippen LogP contribution in [0.2, 0.25) is 0 Å². The van der Waals surface area contributed by atoms with Crippen molar-refractivity contribution in [3.05, 3.63) is 54.1 Å². The molecule has 0 heterocycles. The highest BCUT2D eigenvalue weighted by Crippen LogP contribution is 2.38. The molecule has 22 heavy (non-hydrogen) atoms. The molecule has 1 saturated carbocycles. The molecule has 0 aliphatic heterocycles. The van der Waals surface area contributed by atoms with Crippen molar-refractivity contribution in [2.45, 2.75) is 51.4 Å². The van der Waals surface area contributed by atoms with Crippen LogP contribution < -0.4 is 0 Å². The smallest absolute Gasteiger partial charge is 0.116 e. The van der Waals surface area contributed by atoms with Gasteiger partial charge in [-0.15, -0.1) is 0 Å². The van der Waals surface area contributed by atoms with Crippen molar-refractivity contribution in [1.82, 2.24) is 0 Å². The summed E-state index contributed by atoms with van der Waals surface area (Å²) in [6.07, 6.45) is 8.21. The summed E-state index contributed by atoms with van der Waals surface area (Å²) >= 11 is 0. The number of rotatable bonds is 4. The van der Waals surface area contributed by atoms with Crippen LogP contribution in [0.3, 0.4) is 0 Å². The van der Waals surface area contributed by atoms with Crippen LogP contribution in [-0.2, 0) is 0 Å². The number of hydrogen-bond acceptors (Lipinski definition) is 1. The van der Waals surface area contributed by atoms with E-state index in [2.05, 4.69) is 31.2 Å². The maximum Gasteiger partial charge on any atom is 0.116 e. The highest BCUT2D eigenvalue weighted by atomic mass is 16.3. The van der Waals surface area contributed by atoms with Gasteiger partial charge < -0.3 is 5.11 Å². The van der Waals surface area contributed by atoms with E-state index in [4.69, 9.17) is 0 Å². The monoisotopic (exact) mass is 294 g/mol. The van der Waals surface area contributed by atoms with Gasteiger partial charge in [-0.25, -0.2) is 0 Å². The first-order valence-electron chi connectivity index (χ1n) is 8.65. The molecule has 0 unspecified atom stereocenters. The van der Waals surface area contributed by atoms with Crippen LogP contribution in [0.5, 0.6) is 5.75 Å². The molecule has 2 aromatic carbocycles. The molecule has 1 fully saturated rings. The van der Waals surface area contributed by atoms with Crippen LogP contribution in [0.15, 0.2) is 48.5 Å². The summed E-state index contributed by atoms with van der Waals surface area (Å²) in [6.45, 7) is 2.30. The quantitative estimate of drug-likeness (QED) is 0.718. The Morgan fingerprint density at radius 2 is 1.64 bits per heavy atom. The predicted octanol–water partition coefficient (Wildman–Crippen LogP) is 6.13. The third-order valence-corrected chi connectivity index (χ3v) is 5.11. The summed E-state index contributed by atoms with van der Waals surface area (Å²) in [6, 6.07) is 16.4. The average molecular weight is 294 g/mol. The van der Waals surface area contributed by atoms with Gasteiger partial charge in [-0.1, -0.05) is 56.2 Å².